The number of nitrogens with zero attached hydrogens (tertiary/aromatic N) is 3. The number of carbonyl (C=O) groups is 1. The molecule has 0 aliphatic heterocycles. The van der Waals surface area contributed by atoms with Gasteiger partial charge in [0.05, 0.1) is 6.04 Å². The second-order valence-electron chi connectivity index (χ2n) is 5.13. The number of benzene rings is 1. The molecule has 0 saturated carbocycles. The minimum absolute atomic E-state index is 0.216. The van der Waals surface area contributed by atoms with Crippen molar-refractivity contribution in [1.29, 1.82) is 0 Å². The van der Waals surface area contributed by atoms with Crippen LogP contribution in [0, 0.1) is 6.92 Å². The van der Waals surface area contributed by atoms with Crippen LogP contribution < -0.4 is 5.32 Å². The van der Waals surface area contributed by atoms with Crippen LogP contribution in [0.1, 0.15) is 24.1 Å². The molecule has 1 heterocycles. The lowest BCUT2D eigenvalue weighted by Gasteiger charge is -2.16. The van der Waals surface area contributed by atoms with Crippen molar-refractivity contribution in [3.05, 3.63) is 41.7 Å². The lowest BCUT2D eigenvalue weighted by atomic mass is 10.0. The Balaban J connectivity index is 2.08. The molecule has 1 amide bonds. The van der Waals surface area contributed by atoms with Gasteiger partial charge in [0.2, 0.25) is 20.9 Å². The molecule has 22 heavy (non-hydrogen) atoms. The van der Waals surface area contributed by atoms with Crippen LogP contribution in [0.15, 0.2) is 35.7 Å². The molecule has 0 saturated heterocycles. The summed E-state index contributed by atoms with van der Waals surface area (Å²) in [7, 11) is -2.29. The molecule has 0 bridgehead atoms. The van der Waals surface area contributed by atoms with Gasteiger partial charge in [-0.3, -0.25) is 4.79 Å². The zero-order valence-electron chi connectivity index (χ0n) is 12.6. The fraction of sp³-hybridized carbons (Fsp3) is 0.357. The van der Waals surface area contributed by atoms with E-state index < -0.39 is 21.5 Å². The topological polar surface area (TPSA) is 93.9 Å². The molecular weight excluding hydrogens is 304 g/mol. The fourth-order valence-electron chi connectivity index (χ4n) is 2.22. The van der Waals surface area contributed by atoms with Crippen LogP contribution in [0.4, 0.5) is 0 Å². The summed E-state index contributed by atoms with van der Waals surface area (Å²) >= 11 is 0. The van der Waals surface area contributed by atoms with E-state index in [1.165, 1.54) is 17.9 Å². The van der Waals surface area contributed by atoms with Crippen molar-refractivity contribution in [2.45, 2.75) is 25.0 Å². The second-order valence-corrected chi connectivity index (χ2v) is 7.01. The largest absolute Gasteiger partial charge is 0.349 e. The van der Waals surface area contributed by atoms with E-state index in [-0.39, 0.29) is 11.2 Å². The third kappa shape index (κ3) is 3.51. The zero-order valence-corrected chi connectivity index (χ0v) is 13.5. The maximum absolute atomic E-state index is 12.1. The SMILES string of the molecule is Cc1ccccc1C(C)NC(=O)CS(=O)(=O)c1nncn1C. The molecule has 118 valence electrons. The summed E-state index contributed by atoms with van der Waals surface area (Å²) in [5.41, 5.74) is 1.98. The van der Waals surface area contributed by atoms with E-state index in [0.717, 1.165) is 11.1 Å². The molecule has 0 spiro atoms. The van der Waals surface area contributed by atoms with Gasteiger partial charge in [-0.2, -0.15) is 0 Å². The Morgan fingerprint density at radius 3 is 2.64 bits per heavy atom. The van der Waals surface area contributed by atoms with Crippen LogP contribution in [-0.2, 0) is 21.7 Å². The molecular formula is C14H18N4O3S. The molecule has 8 heteroatoms. The summed E-state index contributed by atoms with van der Waals surface area (Å²) in [5, 5.41) is 9.54. The molecule has 1 aromatic carbocycles. The van der Waals surface area contributed by atoms with Crippen LogP contribution >= 0.6 is 0 Å². The van der Waals surface area contributed by atoms with Crippen LogP contribution in [0.25, 0.3) is 0 Å². The molecule has 0 fully saturated rings. The second kappa shape index (κ2) is 6.27. The molecule has 1 unspecified atom stereocenters. The van der Waals surface area contributed by atoms with E-state index in [2.05, 4.69) is 15.5 Å². The van der Waals surface area contributed by atoms with Gasteiger partial charge in [-0.15, -0.1) is 10.2 Å². The third-order valence-electron chi connectivity index (χ3n) is 3.30. The van der Waals surface area contributed by atoms with E-state index in [1.54, 1.807) is 0 Å². The van der Waals surface area contributed by atoms with Crippen molar-refractivity contribution in [1.82, 2.24) is 20.1 Å². The summed E-state index contributed by atoms with van der Waals surface area (Å²) in [4.78, 5) is 12.0. The summed E-state index contributed by atoms with van der Waals surface area (Å²) in [5.74, 6) is -1.23. The highest BCUT2D eigenvalue weighted by molar-refractivity contribution is 7.91. The van der Waals surface area contributed by atoms with Gasteiger partial charge in [0.25, 0.3) is 0 Å². The Bertz CT molecular complexity index is 783. The molecule has 7 nitrogen and oxygen atoms in total. The Morgan fingerprint density at radius 2 is 2.05 bits per heavy atom. The van der Waals surface area contributed by atoms with Crippen LogP contribution in [0.3, 0.4) is 0 Å². The van der Waals surface area contributed by atoms with Crippen molar-refractivity contribution in [2.75, 3.05) is 5.75 Å². The first-order valence-electron chi connectivity index (χ1n) is 6.73. The van der Waals surface area contributed by atoms with Crippen molar-refractivity contribution in [3.8, 4) is 0 Å². The highest BCUT2D eigenvalue weighted by Crippen LogP contribution is 2.16. The number of aromatic nitrogens is 3. The monoisotopic (exact) mass is 322 g/mol. The van der Waals surface area contributed by atoms with Crippen molar-refractivity contribution >= 4 is 15.7 Å². The smallest absolute Gasteiger partial charge is 0.249 e. The molecule has 1 aromatic heterocycles. The molecule has 2 aromatic rings. The number of aryl methyl sites for hydroxylation is 2. The van der Waals surface area contributed by atoms with E-state index in [4.69, 9.17) is 0 Å². The lowest BCUT2D eigenvalue weighted by Crippen LogP contribution is -2.33. The summed E-state index contributed by atoms with van der Waals surface area (Å²) in [6.07, 6.45) is 1.28. The number of rotatable bonds is 5. The van der Waals surface area contributed by atoms with Gasteiger partial charge < -0.3 is 9.88 Å². The first-order chi connectivity index (χ1) is 10.3. The van der Waals surface area contributed by atoms with E-state index in [1.807, 2.05) is 38.1 Å². The van der Waals surface area contributed by atoms with Crippen LogP contribution in [0.5, 0.6) is 0 Å². The van der Waals surface area contributed by atoms with Gasteiger partial charge in [-0.05, 0) is 25.0 Å². The molecule has 0 aliphatic rings. The Kier molecular flexibility index (Phi) is 4.60. The van der Waals surface area contributed by atoms with Crippen molar-refractivity contribution in [3.63, 3.8) is 0 Å². The number of nitrogens with one attached hydrogen (secondary N) is 1. The third-order valence-corrected chi connectivity index (χ3v) is 4.87. The number of hydrogen-bond donors (Lipinski definition) is 1. The van der Waals surface area contributed by atoms with Crippen molar-refractivity contribution < 1.29 is 13.2 Å². The Morgan fingerprint density at radius 1 is 1.36 bits per heavy atom. The molecule has 2 rings (SSSR count). The molecule has 0 aliphatic carbocycles. The minimum Gasteiger partial charge on any atom is -0.349 e. The maximum atomic E-state index is 12.1. The van der Waals surface area contributed by atoms with E-state index in [0.29, 0.717) is 0 Å². The van der Waals surface area contributed by atoms with Crippen LogP contribution in [0.2, 0.25) is 0 Å². The van der Waals surface area contributed by atoms with Gasteiger partial charge in [0, 0.05) is 7.05 Å². The van der Waals surface area contributed by atoms with Gasteiger partial charge >= 0.3 is 0 Å². The molecule has 1 atom stereocenters. The Labute approximate surface area is 129 Å². The van der Waals surface area contributed by atoms with Crippen LogP contribution in [-0.4, -0.2) is 34.8 Å². The number of carbonyl (C=O) groups excluding carboxylic acids is 1. The maximum Gasteiger partial charge on any atom is 0.249 e. The first-order valence-corrected chi connectivity index (χ1v) is 8.38. The highest BCUT2D eigenvalue weighted by atomic mass is 32.2. The fourth-order valence-corrected chi connectivity index (χ4v) is 3.44. The summed E-state index contributed by atoms with van der Waals surface area (Å²) in [6.45, 7) is 3.75. The predicted molar refractivity (Wildman–Crippen MR) is 80.8 cm³/mol. The molecule has 1 N–H and O–H groups in total. The van der Waals surface area contributed by atoms with Gasteiger partial charge in [0.1, 0.15) is 12.1 Å². The normalized spacial score (nSPS) is 12.9. The van der Waals surface area contributed by atoms with Gasteiger partial charge in [-0.25, -0.2) is 8.42 Å². The molecule has 0 radical (unpaired) electrons. The minimum atomic E-state index is -3.81. The Hall–Kier alpha value is -2.22. The predicted octanol–water partition coefficient (Wildman–Crippen LogP) is 0.775. The average Bonchev–Trinajstić information content (AvgIpc) is 2.85. The number of sulfone groups is 1. The highest BCUT2D eigenvalue weighted by Gasteiger charge is 2.25. The van der Waals surface area contributed by atoms with Gasteiger partial charge in [-0.1, -0.05) is 24.3 Å². The standard InChI is InChI=1S/C14H18N4O3S/c1-10-6-4-5-7-12(10)11(2)16-13(19)8-22(20,21)14-17-15-9-18(14)3/h4-7,9,11H,8H2,1-3H3,(H,16,19). The summed E-state index contributed by atoms with van der Waals surface area (Å²) in [6, 6.07) is 7.35. The lowest BCUT2D eigenvalue weighted by molar-refractivity contribution is -0.119. The average molecular weight is 322 g/mol. The van der Waals surface area contributed by atoms with E-state index >= 15 is 0 Å². The van der Waals surface area contributed by atoms with Crippen molar-refractivity contribution in [2.24, 2.45) is 7.05 Å². The van der Waals surface area contributed by atoms with E-state index in [9.17, 15) is 13.2 Å². The summed E-state index contributed by atoms with van der Waals surface area (Å²) < 4.78 is 25.5. The number of hydrogen-bond acceptors (Lipinski definition) is 5. The van der Waals surface area contributed by atoms with Gasteiger partial charge in [0.15, 0.2) is 0 Å². The number of amides is 1. The first kappa shape index (κ1) is 16.2. The quantitative estimate of drug-likeness (QED) is 0.877. The zero-order chi connectivity index (χ0) is 16.3.